The van der Waals surface area contributed by atoms with Gasteiger partial charge in [0.2, 0.25) is 0 Å². The first-order valence-electron chi connectivity index (χ1n) is 8.32. The van der Waals surface area contributed by atoms with Crippen molar-refractivity contribution in [2.75, 3.05) is 26.5 Å². The molecule has 8 heteroatoms. The number of carbonyl (C=O) groups is 2. The van der Waals surface area contributed by atoms with Crippen LogP contribution in [0.2, 0.25) is 5.02 Å². The molecular formula is C20H18ClN3O3S. The third kappa shape index (κ3) is 4.16. The van der Waals surface area contributed by atoms with E-state index in [1.807, 2.05) is 18.2 Å². The molecule has 0 spiro atoms. The summed E-state index contributed by atoms with van der Waals surface area (Å²) in [4.78, 5) is 31.1. The number of carbonyl (C=O) groups excluding carboxylic acids is 2. The molecule has 6 nitrogen and oxygen atoms in total. The molecule has 0 atom stereocenters. The fraction of sp³-hybridized carbons (Fsp3) is 0.150. The Hall–Kier alpha value is -2.90. The van der Waals surface area contributed by atoms with Crippen molar-refractivity contribution in [3.63, 3.8) is 0 Å². The minimum absolute atomic E-state index is 0.169. The molecule has 2 amide bonds. The Labute approximate surface area is 171 Å². The van der Waals surface area contributed by atoms with E-state index in [0.717, 1.165) is 5.56 Å². The van der Waals surface area contributed by atoms with Gasteiger partial charge in [-0.2, -0.15) is 0 Å². The number of anilines is 1. The number of hydrogen-bond acceptors (Lipinski definition) is 5. The van der Waals surface area contributed by atoms with Crippen LogP contribution < -0.4 is 10.1 Å². The van der Waals surface area contributed by atoms with Crippen molar-refractivity contribution in [3.8, 4) is 16.3 Å². The summed E-state index contributed by atoms with van der Waals surface area (Å²) in [5.41, 5.74) is 1.62. The van der Waals surface area contributed by atoms with Crippen LogP contribution >= 0.6 is 22.9 Å². The van der Waals surface area contributed by atoms with E-state index in [4.69, 9.17) is 16.3 Å². The van der Waals surface area contributed by atoms with Gasteiger partial charge in [0.1, 0.15) is 15.6 Å². The highest BCUT2D eigenvalue weighted by atomic mass is 35.5. The Balaban J connectivity index is 1.86. The lowest BCUT2D eigenvalue weighted by molar-refractivity contribution is 0.0827. The molecule has 3 rings (SSSR count). The largest absolute Gasteiger partial charge is 0.495 e. The average Bonchev–Trinajstić information content (AvgIpc) is 3.17. The summed E-state index contributed by atoms with van der Waals surface area (Å²) < 4.78 is 5.30. The van der Waals surface area contributed by atoms with Crippen LogP contribution in [0.4, 0.5) is 5.69 Å². The highest BCUT2D eigenvalue weighted by Crippen LogP contribution is 2.32. The summed E-state index contributed by atoms with van der Waals surface area (Å²) >= 11 is 7.44. The summed E-state index contributed by atoms with van der Waals surface area (Å²) in [7, 11) is 4.83. The Morgan fingerprint density at radius 3 is 2.61 bits per heavy atom. The van der Waals surface area contributed by atoms with Gasteiger partial charge in [-0.15, -0.1) is 11.3 Å². The van der Waals surface area contributed by atoms with Crippen LogP contribution in [0.5, 0.6) is 5.75 Å². The fourth-order valence-electron chi connectivity index (χ4n) is 2.52. The first-order chi connectivity index (χ1) is 13.4. The number of amides is 2. The van der Waals surface area contributed by atoms with Crippen molar-refractivity contribution in [2.45, 2.75) is 0 Å². The van der Waals surface area contributed by atoms with Crippen molar-refractivity contribution >= 4 is 40.4 Å². The number of halogens is 1. The van der Waals surface area contributed by atoms with E-state index in [1.165, 1.54) is 29.5 Å². The first kappa shape index (κ1) is 19.9. The van der Waals surface area contributed by atoms with Crippen LogP contribution in [0.15, 0.2) is 48.7 Å². The van der Waals surface area contributed by atoms with Gasteiger partial charge in [-0.1, -0.05) is 29.8 Å². The van der Waals surface area contributed by atoms with Crippen LogP contribution in [0.1, 0.15) is 20.0 Å². The zero-order valence-electron chi connectivity index (χ0n) is 15.5. The predicted octanol–water partition coefficient (Wildman–Crippen LogP) is 4.43. The minimum Gasteiger partial charge on any atom is -0.495 e. The molecule has 0 aliphatic rings. The van der Waals surface area contributed by atoms with Gasteiger partial charge in [-0.05, 0) is 24.3 Å². The lowest BCUT2D eigenvalue weighted by Gasteiger charge is -2.14. The molecule has 0 aliphatic carbocycles. The van der Waals surface area contributed by atoms with Crippen molar-refractivity contribution in [1.82, 2.24) is 9.88 Å². The normalized spacial score (nSPS) is 10.4. The smallest absolute Gasteiger partial charge is 0.267 e. The number of aromatic nitrogens is 1. The number of thiazole rings is 1. The van der Waals surface area contributed by atoms with Crippen LogP contribution in [0.25, 0.3) is 10.6 Å². The van der Waals surface area contributed by atoms with Gasteiger partial charge in [0.25, 0.3) is 11.8 Å². The standard InChI is InChI=1S/C20H18ClN3O3S/c1-24(2)20(26)12-8-9-16(27-3)15(10-12)23-18(25)17-11-22-19(28-17)13-6-4-5-7-14(13)21/h4-11H,1-3H3,(H,23,25). The quantitative estimate of drug-likeness (QED) is 0.669. The molecule has 0 saturated carbocycles. The van der Waals surface area contributed by atoms with Crippen molar-refractivity contribution in [3.05, 3.63) is 64.1 Å². The maximum Gasteiger partial charge on any atom is 0.267 e. The first-order valence-corrected chi connectivity index (χ1v) is 9.52. The number of nitrogens with zero attached hydrogens (tertiary/aromatic N) is 2. The van der Waals surface area contributed by atoms with E-state index in [1.54, 1.807) is 38.4 Å². The molecule has 0 unspecified atom stereocenters. The zero-order chi connectivity index (χ0) is 20.3. The highest BCUT2D eigenvalue weighted by Gasteiger charge is 2.17. The van der Waals surface area contributed by atoms with Crippen molar-refractivity contribution < 1.29 is 14.3 Å². The van der Waals surface area contributed by atoms with E-state index in [2.05, 4.69) is 10.3 Å². The van der Waals surface area contributed by atoms with Gasteiger partial charge < -0.3 is 15.0 Å². The number of ether oxygens (including phenoxy) is 1. The number of hydrogen-bond donors (Lipinski definition) is 1. The number of benzene rings is 2. The van der Waals surface area contributed by atoms with E-state index >= 15 is 0 Å². The van der Waals surface area contributed by atoms with Crippen molar-refractivity contribution in [2.24, 2.45) is 0 Å². The third-order valence-corrected chi connectivity index (χ3v) is 5.29. The van der Waals surface area contributed by atoms with Gasteiger partial charge in [-0.3, -0.25) is 9.59 Å². The monoisotopic (exact) mass is 415 g/mol. The SMILES string of the molecule is COc1ccc(C(=O)N(C)C)cc1NC(=O)c1cnc(-c2ccccc2Cl)s1. The van der Waals surface area contributed by atoms with E-state index in [9.17, 15) is 9.59 Å². The maximum absolute atomic E-state index is 12.7. The molecule has 144 valence electrons. The highest BCUT2D eigenvalue weighted by molar-refractivity contribution is 7.17. The lowest BCUT2D eigenvalue weighted by Crippen LogP contribution is -2.22. The van der Waals surface area contributed by atoms with Crippen LogP contribution in [-0.2, 0) is 0 Å². The Morgan fingerprint density at radius 2 is 1.93 bits per heavy atom. The van der Waals surface area contributed by atoms with Gasteiger partial charge >= 0.3 is 0 Å². The molecule has 1 heterocycles. The molecule has 0 fully saturated rings. The van der Waals surface area contributed by atoms with Crippen molar-refractivity contribution in [1.29, 1.82) is 0 Å². The zero-order valence-corrected chi connectivity index (χ0v) is 17.1. The van der Waals surface area contributed by atoms with Gasteiger partial charge in [0, 0.05) is 25.2 Å². The van der Waals surface area contributed by atoms with Crippen LogP contribution in [0.3, 0.4) is 0 Å². The molecule has 0 aliphatic heterocycles. The van der Waals surface area contributed by atoms with Gasteiger partial charge in [0.15, 0.2) is 0 Å². The van der Waals surface area contributed by atoms with E-state index < -0.39 is 0 Å². The second-order valence-electron chi connectivity index (χ2n) is 6.08. The Kier molecular flexibility index (Phi) is 5.96. The molecule has 1 aromatic heterocycles. The summed E-state index contributed by atoms with van der Waals surface area (Å²) in [6, 6.07) is 12.2. The topological polar surface area (TPSA) is 71.5 Å². The second-order valence-corrected chi connectivity index (χ2v) is 7.52. The lowest BCUT2D eigenvalue weighted by atomic mass is 10.1. The Morgan fingerprint density at radius 1 is 1.18 bits per heavy atom. The summed E-state index contributed by atoms with van der Waals surface area (Å²) in [5.74, 6) is -0.0556. The molecule has 28 heavy (non-hydrogen) atoms. The average molecular weight is 416 g/mol. The predicted molar refractivity (Wildman–Crippen MR) is 112 cm³/mol. The van der Waals surface area contributed by atoms with Gasteiger partial charge in [0.05, 0.1) is 24.0 Å². The molecule has 1 N–H and O–H groups in total. The number of methoxy groups -OCH3 is 1. The van der Waals surface area contributed by atoms with Gasteiger partial charge in [-0.25, -0.2) is 4.98 Å². The number of rotatable bonds is 5. The molecule has 3 aromatic rings. The fourth-order valence-corrected chi connectivity index (χ4v) is 3.65. The molecule has 0 bridgehead atoms. The van der Waals surface area contributed by atoms with E-state index in [-0.39, 0.29) is 11.8 Å². The number of nitrogens with one attached hydrogen (secondary N) is 1. The maximum atomic E-state index is 12.7. The summed E-state index contributed by atoms with van der Waals surface area (Å²) in [6.45, 7) is 0. The van der Waals surface area contributed by atoms with Crippen LogP contribution in [0, 0.1) is 0 Å². The Bertz CT molecular complexity index is 1030. The molecule has 2 aromatic carbocycles. The molecule has 0 saturated heterocycles. The summed E-state index contributed by atoms with van der Waals surface area (Å²) in [6.07, 6.45) is 1.50. The molecule has 0 radical (unpaired) electrons. The third-order valence-electron chi connectivity index (χ3n) is 3.93. The summed E-state index contributed by atoms with van der Waals surface area (Å²) in [5, 5.41) is 4.02. The minimum atomic E-state index is -0.344. The van der Waals surface area contributed by atoms with Crippen LogP contribution in [-0.4, -0.2) is 42.9 Å². The van der Waals surface area contributed by atoms with E-state index in [0.29, 0.717) is 31.9 Å². The molecular weight excluding hydrogens is 398 g/mol. The second kappa shape index (κ2) is 8.41.